The molecule has 0 aliphatic rings. The van der Waals surface area contributed by atoms with Crippen LogP contribution in [0.4, 0.5) is 10.2 Å². The summed E-state index contributed by atoms with van der Waals surface area (Å²) < 4.78 is 18.6. The maximum Gasteiger partial charge on any atom is 0.142 e. The zero-order valence-electron chi connectivity index (χ0n) is 14.0. The number of ether oxygens (including phenoxy) is 1. The minimum Gasteiger partial charge on any atom is -0.383 e. The molecule has 0 fully saturated rings. The van der Waals surface area contributed by atoms with Gasteiger partial charge in [0.25, 0.3) is 0 Å². The molecule has 0 spiro atoms. The fourth-order valence-corrected chi connectivity index (χ4v) is 2.66. The van der Waals surface area contributed by atoms with Gasteiger partial charge in [-0.1, -0.05) is 26.0 Å². The maximum atomic E-state index is 13.3. The van der Waals surface area contributed by atoms with Gasteiger partial charge in [0.1, 0.15) is 17.9 Å². The second kappa shape index (κ2) is 7.84. The van der Waals surface area contributed by atoms with Gasteiger partial charge in [-0.2, -0.15) is 0 Å². The number of nitrogens with zero attached hydrogens (tertiary/aromatic N) is 1. The molecule has 5 heteroatoms. The van der Waals surface area contributed by atoms with Crippen LogP contribution in [0.25, 0.3) is 17.2 Å². The lowest BCUT2D eigenvalue weighted by Crippen LogP contribution is -2.09. The number of pyridine rings is 1. The van der Waals surface area contributed by atoms with Crippen molar-refractivity contribution in [3.8, 4) is 11.1 Å². The van der Waals surface area contributed by atoms with Crippen molar-refractivity contribution in [1.82, 2.24) is 4.98 Å². The molecular weight excluding hydrogens is 307 g/mol. The third-order valence-corrected chi connectivity index (χ3v) is 3.71. The van der Waals surface area contributed by atoms with Gasteiger partial charge in [0.05, 0.1) is 12.3 Å². The highest BCUT2D eigenvalue weighted by atomic mass is 19.1. The average Bonchev–Trinajstić information content (AvgIpc) is 2.56. The molecule has 1 aromatic carbocycles. The molecule has 0 atom stereocenters. The Hall–Kier alpha value is -2.53. The third kappa shape index (κ3) is 3.68. The number of anilines is 1. The predicted molar refractivity (Wildman–Crippen MR) is 93.9 cm³/mol. The van der Waals surface area contributed by atoms with E-state index in [0.717, 1.165) is 27.9 Å². The number of rotatable bonds is 6. The van der Waals surface area contributed by atoms with E-state index in [2.05, 4.69) is 4.98 Å². The van der Waals surface area contributed by atoms with Crippen molar-refractivity contribution in [1.29, 1.82) is 0 Å². The minimum absolute atomic E-state index is 0.106. The number of nitrogens with two attached hydrogens (primary N) is 1. The lowest BCUT2D eigenvalue weighted by molar-refractivity contribution is -0.104. The van der Waals surface area contributed by atoms with Gasteiger partial charge in [-0.05, 0) is 41.3 Å². The summed E-state index contributed by atoms with van der Waals surface area (Å²) in [6.07, 6.45) is 3.85. The number of nitrogen functional groups attached to an aromatic ring is 1. The summed E-state index contributed by atoms with van der Waals surface area (Å²) in [4.78, 5) is 15.3. The van der Waals surface area contributed by atoms with E-state index in [9.17, 15) is 9.18 Å². The van der Waals surface area contributed by atoms with E-state index in [-0.39, 0.29) is 18.3 Å². The molecule has 0 unspecified atom stereocenters. The van der Waals surface area contributed by atoms with Crippen molar-refractivity contribution in [3.63, 3.8) is 0 Å². The van der Waals surface area contributed by atoms with Crippen LogP contribution in [0.1, 0.15) is 36.6 Å². The molecule has 0 radical (unpaired) electrons. The Kier molecular flexibility index (Phi) is 5.82. The van der Waals surface area contributed by atoms with Crippen LogP contribution in [0.5, 0.6) is 0 Å². The minimum atomic E-state index is -0.317. The second-order valence-electron chi connectivity index (χ2n) is 5.74. The van der Waals surface area contributed by atoms with Crippen LogP contribution in [-0.4, -0.2) is 18.4 Å². The van der Waals surface area contributed by atoms with Gasteiger partial charge >= 0.3 is 0 Å². The fourth-order valence-electron chi connectivity index (χ4n) is 2.66. The topological polar surface area (TPSA) is 65.2 Å². The molecule has 0 amide bonds. The molecule has 126 valence electrons. The number of hydrogen-bond acceptors (Lipinski definition) is 4. The Balaban J connectivity index is 2.85. The van der Waals surface area contributed by atoms with Gasteiger partial charge in [-0.25, -0.2) is 9.37 Å². The molecule has 0 bridgehead atoms. The number of aromatic nitrogens is 1. The van der Waals surface area contributed by atoms with Crippen molar-refractivity contribution in [3.05, 3.63) is 53.0 Å². The van der Waals surface area contributed by atoms with Crippen LogP contribution in [0.3, 0.4) is 0 Å². The van der Waals surface area contributed by atoms with Gasteiger partial charge in [-0.15, -0.1) is 0 Å². The standard InChI is InChI=1S/C19H21FN2O2/c1-12(2)18-15(5-4-10-23)17(13-6-8-14(20)9-7-13)16(11-24-3)19(21)22-18/h4-10,12H,11H2,1-3H3,(H2,21,22). The quantitative estimate of drug-likeness (QED) is 0.644. The number of aldehydes is 1. The summed E-state index contributed by atoms with van der Waals surface area (Å²) in [6.45, 7) is 4.28. The molecular formula is C19H21FN2O2. The summed E-state index contributed by atoms with van der Waals surface area (Å²) >= 11 is 0. The van der Waals surface area contributed by atoms with Gasteiger partial charge in [0.15, 0.2) is 0 Å². The van der Waals surface area contributed by atoms with E-state index < -0.39 is 0 Å². The highest BCUT2D eigenvalue weighted by Crippen LogP contribution is 2.36. The zero-order valence-corrected chi connectivity index (χ0v) is 14.0. The van der Waals surface area contributed by atoms with Gasteiger partial charge in [0, 0.05) is 18.2 Å². The Morgan fingerprint density at radius 2 is 1.96 bits per heavy atom. The van der Waals surface area contributed by atoms with E-state index in [4.69, 9.17) is 10.5 Å². The largest absolute Gasteiger partial charge is 0.383 e. The van der Waals surface area contributed by atoms with Crippen molar-refractivity contribution < 1.29 is 13.9 Å². The van der Waals surface area contributed by atoms with Gasteiger partial charge in [0.2, 0.25) is 0 Å². The Morgan fingerprint density at radius 1 is 1.29 bits per heavy atom. The second-order valence-corrected chi connectivity index (χ2v) is 5.74. The number of methoxy groups -OCH3 is 1. The number of halogens is 1. The van der Waals surface area contributed by atoms with Crippen LogP contribution >= 0.6 is 0 Å². The van der Waals surface area contributed by atoms with E-state index >= 15 is 0 Å². The van der Waals surface area contributed by atoms with Crippen LogP contribution in [-0.2, 0) is 16.1 Å². The first-order chi connectivity index (χ1) is 11.5. The highest BCUT2D eigenvalue weighted by molar-refractivity contribution is 5.85. The molecule has 2 aromatic rings. The number of allylic oxidation sites excluding steroid dienone is 1. The molecule has 1 aromatic heterocycles. The Morgan fingerprint density at radius 3 is 2.50 bits per heavy atom. The Bertz CT molecular complexity index is 753. The molecule has 0 aliphatic heterocycles. The Labute approximate surface area is 141 Å². The van der Waals surface area contributed by atoms with Crippen molar-refractivity contribution in [2.24, 2.45) is 0 Å². The molecule has 1 heterocycles. The summed E-state index contributed by atoms with van der Waals surface area (Å²) in [5.74, 6) is 0.167. The number of benzene rings is 1. The fraction of sp³-hybridized carbons (Fsp3) is 0.263. The van der Waals surface area contributed by atoms with E-state index in [1.807, 2.05) is 13.8 Å². The maximum absolute atomic E-state index is 13.3. The normalized spacial score (nSPS) is 11.4. The summed E-state index contributed by atoms with van der Waals surface area (Å²) in [5.41, 5.74) is 10.1. The smallest absolute Gasteiger partial charge is 0.142 e. The lowest BCUT2D eigenvalue weighted by atomic mass is 9.90. The van der Waals surface area contributed by atoms with Crippen molar-refractivity contribution >= 4 is 18.2 Å². The molecule has 24 heavy (non-hydrogen) atoms. The zero-order chi connectivity index (χ0) is 17.7. The van der Waals surface area contributed by atoms with Crippen LogP contribution in [0.2, 0.25) is 0 Å². The summed E-state index contributed by atoms with van der Waals surface area (Å²) in [6, 6.07) is 6.16. The number of carbonyl (C=O) groups is 1. The molecule has 0 saturated carbocycles. The SMILES string of the molecule is COCc1c(N)nc(C(C)C)c(C=CC=O)c1-c1ccc(F)cc1. The lowest BCUT2D eigenvalue weighted by Gasteiger charge is -2.20. The molecule has 4 nitrogen and oxygen atoms in total. The first kappa shape index (κ1) is 17.8. The van der Waals surface area contributed by atoms with Gasteiger partial charge < -0.3 is 10.5 Å². The molecule has 2 rings (SSSR count). The van der Waals surface area contributed by atoms with Crippen LogP contribution < -0.4 is 5.73 Å². The van der Waals surface area contributed by atoms with Crippen molar-refractivity contribution in [2.45, 2.75) is 26.4 Å². The van der Waals surface area contributed by atoms with Crippen molar-refractivity contribution in [2.75, 3.05) is 12.8 Å². The third-order valence-electron chi connectivity index (χ3n) is 3.71. The van der Waals surface area contributed by atoms with E-state index in [1.165, 1.54) is 18.2 Å². The first-order valence-electron chi connectivity index (χ1n) is 7.68. The van der Waals surface area contributed by atoms with Crippen LogP contribution in [0, 0.1) is 5.82 Å². The number of hydrogen-bond donors (Lipinski definition) is 1. The highest BCUT2D eigenvalue weighted by Gasteiger charge is 2.20. The summed E-state index contributed by atoms with van der Waals surface area (Å²) in [5, 5.41) is 0. The van der Waals surface area contributed by atoms with E-state index in [0.29, 0.717) is 12.1 Å². The summed E-state index contributed by atoms with van der Waals surface area (Å²) in [7, 11) is 1.57. The monoisotopic (exact) mass is 328 g/mol. The average molecular weight is 328 g/mol. The predicted octanol–water partition coefficient (Wildman–Crippen LogP) is 3.95. The molecule has 0 saturated heterocycles. The first-order valence-corrected chi connectivity index (χ1v) is 7.68. The van der Waals surface area contributed by atoms with E-state index in [1.54, 1.807) is 25.3 Å². The number of carbonyl (C=O) groups excluding carboxylic acids is 1. The molecule has 2 N–H and O–H groups in total. The van der Waals surface area contributed by atoms with Gasteiger partial charge in [-0.3, -0.25) is 4.79 Å². The molecule has 0 aliphatic carbocycles. The van der Waals surface area contributed by atoms with Crippen LogP contribution in [0.15, 0.2) is 30.3 Å².